The fourth-order valence-electron chi connectivity index (χ4n) is 3.25. The van der Waals surface area contributed by atoms with Crippen molar-refractivity contribution in [2.45, 2.75) is 13.3 Å². The summed E-state index contributed by atoms with van der Waals surface area (Å²) in [4.78, 5) is 26.7. The first-order chi connectivity index (χ1) is 12.9. The lowest BCUT2D eigenvalue weighted by Gasteiger charge is -2.35. The standard InChI is InChI=1S/C20H25N5O2/c1-14(26)24-7-9-25(10-8-24)17-4-2-3-16(13-17)23-19-6-5-15(11-18(19)21)12-20(22)27/h2-6,11,13,23H,7-10,12,21H2,1H3,(H2,22,27). The number of carbonyl (C=O) groups is 2. The molecule has 1 aliphatic rings. The molecule has 7 nitrogen and oxygen atoms in total. The van der Waals surface area contributed by atoms with Crippen LogP contribution in [0.25, 0.3) is 0 Å². The van der Waals surface area contributed by atoms with Crippen LogP contribution >= 0.6 is 0 Å². The van der Waals surface area contributed by atoms with E-state index in [0.717, 1.165) is 48.8 Å². The molecule has 1 aliphatic heterocycles. The number of benzene rings is 2. The highest BCUT2D eigenvalue weighted by Gasteiger charge is 2.18. The van der Waals surface area contributed by atoms with Crippen LogP contribution in [0.15, 0.2) is 42.5 Å². The fourth-order valence-corrected chi connectivity index (χ4v) is 3.25. The number of nitrogens with zero attached hydrogens (tertiary/aromatic N) is 2. The Morgan fingerprint density at radius 2 is 1.81 bits per heavy atom. The van der Waals surface area contributed by atoms with Gasteiger partial charge in [-0.3, -0.25) is 9.59 Å². The summed E-state index contributed by atoms with van der Waals surface area (Å²) in [5.41, 5.74) is 15.5. The van der Waals surface area contributed by atoms with Crippen LogP contribution in [0.1, 0.15) is 12.5 Å². The van der Waals surface area contributed by atoms with Crippen LogP contribution in [0.5, 0.6) is 0 Å². The zero-order chi connectivity index (χ0) is 19.4. The minimum Gasteiger partial charge on any atom is -0.397 e. The van der Waals surface area contributed by atoms with Gasteiger partial charge in [0.1, 0.15) is 0 Å². The third kappa shape index (κ3) is 4.69. The predicted octanol–water partition coefficient (Wildman–Crippen LogP) is 1.71. The van der Waals surface area contributed by atoms with Crippen molar-refractivity contribution < 1.29 is 9.59 Å². The second kappa shape index (κ2) is 7.99. The van der Waals surface area contributed by atoms with E-state index in [1.807, 2.05) is 29.2 Å². The summed E-state index contributed by atoms with van der Waals surface area (Å²) in [7, 11) is 0. The van der Waals surface area contributed by atoms with E-state index >= 15 is 0 Å². The summed E-state index contributed by atoms with van der Waals surface area (Å²) in [6.07, 6.45) is 0.173. The van der Waals surface area contributed by atoms with Gasteiger partial charge in [0.25, 0.3) is 0 Å². The van der Waals surface area contributed by atoms with E-state index in [4.69, 9.17) is 11.5 Å². The van der Waals surface area contributed by atoms with Gasteiger partial charge in [0.2, 0.25) is 11.8 Å². The van der Waals surface area contributed by atoms with Gasteiger partial charge in [0.15, 0.2) is 0 Å². The Labute approximate surface area is 158 Å². The number of nitrogens with two attached hydrogens (primary N) is 2. The smallest absolute Gasteiger partial charge is 0.221 e. The van der Waals surface area contributed by atoms with Crippen molar-refractivity contribution in [3.8, 4) is 0 Å². The van der Waals surface area contributed by atoms with E-state index in [0.29, 0.717) is 5.69 Å². The van der Waals surface area contributed by atoms with E-state index < -0.39 is 0 Å². The molecule has 0 radical (unpaired) electrons. The van der Waals surface area contributed by atoms with E-state index in [2.05, 4.69) is 22.3 Å². The quantitative estimate of drug-likeness (QED) is 0.698. The van der Waals surface area contributed by atoms with Gasteiger partial charge < -0.3 is 26.6 Å². The van der Waals surface area contributed by atoms with Crippen LogP contribution < -0.4 is 21.7 Å². The first-order valence-electron chi connectivity index (χ1n) is 8.96. The number of nitrogens with one attached hydrogen (secondary N) is 1. The lowest BCUT2D eigenvalue weighted by Crippen LogP contribution is -2.48. The summed E-state index contributed by atoms with van der Waals surface area (Å²) in [5, 5.41) is 3.33. The number of piperazine rings is 1. The SMILES string of the molecule is CC(=O)N1CCN(c2cccc(Nc3ccc(CC(N)=O)cc3N)c2)CC1. The summed E-state index contributed by atoms with van der Waals surface area (Å²) in [6, 6.07) is 13.6. The summed E-state index contributed by atoms with van der Waals surface area (Å²) >= 11 is 0. The fraction of sp³-hybridized carbons (Fsp3) is 0.300. The van der Waals surface area contributed by atoms with E-state index in [9.17, 15) is 9.59 Å². The van der Waals surface area contributed by atoms with Crippen LogP contribution in [0, 0.1) is 0 Å². The molecular weight excluding hydrogens is 342 g/mol. The Hall–Kier alpha value is -3.22. The van der Waals surface area contributed by atoms with Crippen LogP contribution in [0.3, 0.4) is 0 Å². The van der Waals surface area contributed by atoms with E-state index in [1.54, 1.807) is 13.0 Å². The highest BCUT2D eigenvalue weighted by molar-refractivity contribution is 5.79. The molecule has 0 unspecified atom stereocenters. The Balaban J connectivity index is 1.69. The number of anilines is 4. The molecule has 142 valence electrons. The third-order valence-electron chi connectivity index (χ3n) is 4.71. The van der Waals surface area contributed by atoms with Gasteiger partial charge in [-0.1, -0.05) is 12.1 Å². The van der Waals surface area contributed by atoms with Gasteiger partial charge in [0.05, 0.1) is 17.8 Å². The van der Waals surface area contributed by atoms with Crippen molar-refractivity contribution in [1.82, 2.24) is 4.90 Å². The highest BCUT2D eigenvalue weighted by atomic mass is 16.2. The Morgan fingerprint density at radius 3 is 2.44 bits per heavy atom. The second-order valence-corrected chi connectivity index (χ2v) is 6.73. The van der Waals surface area contributed by atoms with Crippen molar-refractivity contribution in [2.24, 2.45) is 5.73 Å². The molecule has 5 N–H and O–H groups in total. The number of primary amides is 1. The van der Waals surface area contributed by atoms with Crippen molar-refractivity contribution in [1.29, 1.82) is 0 Å². The molecular formula is C20H25N5O2. The van der Waals surface area contributed by atoms with Gasteiger partial charge in [0, 0.05) is 44.5 Å². The van der Waals surface area contributed by atoms with Crippen LogP contribution in [0.2, 0.25) is 0 Å². The van der Waals surface area contributed by atoms with Crippen molar-refractivity contribution in [3.05, 3.63) is 48.0 Å². The second-order valence-electron chi connectivity index (χ2n) is 6.73. The number of rotatable bonds is 5. The number of hydrogen-bond acceptors (Lipinski definition) is 5. The Morgan fingerprint density at radius 1 is 1.07 bits per heavy atom. The maximum atomic E-state index is 11.5. The number of amides is 2. The molecule has 0 saturated carbocycles. The largest absolute Gasteiger partial charge is 0.397 e. The first-order valence-corrected chi connectivity index (χ1v) is 8.96. The van der Waals surface area contributed by atoms with Gasteiger partial charge in [-0.05, 0) is 35.9 Å². The van der Waals surface area contributed by atoms with Crippen LogP contribution in [0.4, 0.5) is 22.7 Å². The van der Waals surface area contributed by atoms with Crippen LogP contribution in [-0.4, -0.2) is 42.9 Å². The lowest BCUT2D eigenvalue weighted by molar-refractivity contribution is -0.129. The maximum Gasteiger partial charge on any atom is 0.221 e. The van der Waals surface area contributed by atoms with E-state index in [-0.39, 0.29) is 18.2 Å². The lowest BCUT2D eigenvalue weighted by atomic mass is 10.1. The molecule has 1 fully saturated rings. The molecule has 0 bridgehead atoms. The van der Waals surface area contributed by atoms with Gasteiger partial charge >= 0.3 is 0 Å². The summed E-state index contributed by atoms with van der Waals surface area (Å²) < 4.78 is 0. The minimum absolute atomic E-state index is 0.125. The summed E-state index contributed by atoms with van der Waals surface area (Å²) in [6.45, 7) is 4.71. The molecule has 2 aromatic rings. The molecule has 2 amide bonds. The molecule has 0 spiro atoms. The maximum absolute atomic E-state index is 11.5. The zero-order valence-corrected chi connectivity index (χ0v) is 15.4. The third-order valence-corrected chi connectivity index (χ3v) is 4.71. The van der Waals surface area contributed by atoms with Gasteiger partial charge in [-0.2, -0.15) is 0 Å². The average Bonchev–Trinajstić information content (AvgIpc) is 2.64. The van der Waals surface area contributed by atoms with Gasteiger partial charge in [-0.15, -0.1) is 0 Å². The highest BCUT2D eigenvalue weighted by Crippen LogP contribution is 2.27. The predicted molar refractivity (Wildman–Crippen MR) is 108 cm³/mol. The molecule has 27 heavy (non-hydrogen) atoms. The van der Waals surface area contributed by atoms with Crippen molar-refractivity contribution in [3.63, 3.8) is 0 Å². The molecule has 3 rings (SSSR count). The Kier molecular flexibility index (Phi) is 5.49. The normalized spacial score (nSPS) is 14.1. The van der Waals surface area contributed by atoms with Crippen LogP contribution in [-0.2, 0) is 16.0 Å². The number of carbonyl (C=O) groups excluding carboxylic acids is 2. The average molecular weight is 367 g/mol. The van der Waals surface area contributed by atoms with Crippen molar-refractivity contribution >= 4 is 34.6 Å². The zero-order valence-electron chi connectivity index (χ0n) is 15.4. The first kappa shape index (κ1) is 18.6. The summed E-state index contributed by atoms with van der Waals surface area (Å²) in [5.74, 6) is -0.256. The molecule has 0 aliphatic carbocycles. The topological polar surface area (TPSA) is 105 Å². The number of nitrogen functional groups attached to an aromatic ring is 1. The molecule has 7 heteroatoms. The molecule has 1 saturated heterocycles. The van der Waals surface area contributed by atoms with Gasteiger partial charge in [-0.25, -0.2) is 0 Å². The molecule has 0 atom stereocenters. The minimum atomic E-state index is -0.382. The Bertz CT molecular complexity index is 844. The number of hydrogen-bond donors (Lipinski definition) is 3. The monoisotopic (exact) mass is 367 g/mol. The molecule has 2 aromatic carbocycles. The van der Waals surface area contributed by atoms with E-state index in [1.165, 1.54) is 0 Å². The molecule has 0 aromatic heterocycles. The van der Waals surface area contributed by atoms with Crippen molar-refractivity contribution in [2.75, 3.05) is 42.1 Å². The molecule has 1 heterocycles.